The third-order valence-electron chi connectivity index (χ3n) is 8.21. The molecule has 0 N–H and O–H groups in total. The zero-order valence-electron chi connectivity index (χ0n) is 20.8. The molecule has 2 fully saturated rings. The van der Waals surface area contributed by atoms with Crippen molar-refractivity contribution >= 4 is 11.4 Å². The molecule has 6 rings (SSSR count). The zero-order valence-corrected chi connectivity index (χ0v) is 20.8. The summed E-state index contributed by atoms with van der Waals surface area (Å²) in [6.45, 7) is 8.39. The van der Waals surface area contributed by atoms with Crippen LogP contribution in [0.2, 0.25) is 0 Å². The minimum Gasteiger partial charge on any atom is -0.495 e. The summed E-state index contributed by atoms with van der Waals surface area (Å²) in [5.74, 6) is 0.959. The van der Waals surface area contributed by atoms with Gasteiger partial charge in [0, 0.05) is 38.4 Å². The van der Waals surface area contributed by atoms with E-state index in [2.05, 4.69) is 94.4 Å². The fraction of sp³-hybridized carbons (Fsp3) is 0.400. The number of methoxy groups -OCH3 is 1. The second kappa shape index (κ2) is 9.21. The Hall–Kier alpha value is -3.02. The second-order valence-electron chi connectivity index (χ2n) is 9.84. The molecule has 3 aromatic rings. The lowest BCUT2D eigenvalue weighted by atomic mass is 9.66. The van der Waals surface area contributed by atoms with Crippen molar-refractivity contribution in [2.75, 3.05) is 56.2 Å². The number of piperazine rings is 1. The van der Waals surface area contributed by atoms with Gasteiger partial charge in [0.05, 0.1) is 18.2 Å². The number of nitrogens with zero attached hydrogens (tertiary/aromatic N) is 3. The van der Waals surface area contributed by atoms with Crippen molar-refractivity contribution < 1.29 is 9.47 Å². The van der Waals surface area contributed by atoms with Crippen molar-refractivity contribution in [2.45, 2.75) is 31.1 Å². The Kier molecular flexibility index (Phi) is 5.91. The van der Waals surface area contributed by atoms with Gasteiger partial charge in [0.2, 0.25) is 0 Å². The molecule has 2 saturated heterocycles. The van der Waals surface area contributed by atoms with E-state index in [0.29, 0.717) is 0 Å². The van der Waals surface area contributed by atoms with Gasteiger partial charge < -0.3 is 19.3 Å². The van der Waals surface area contributed by atoms with Gasteiger partial charge in [-0.15, -0.1) is 0 Å². The summed E-state index contributed by atoms with van der Waals surface area (Å²) in [5.41, 5.74) is 5.21. The summed E-state index contributed by atoms with van der Waals surface area (Å²) >= 11 is 0. The number of hydrogen-bond donors (Lipinski definition) is 0. The molecule has 5 nitrogen and oxygen atoms in total. The van der Waals surface area contributed by atoms with E-state index in [9.17, 15) is 0 Å². The van der Waals surface area contributed by atoms with E-state index in [-0.39, 0.29) is 17.7 Å². The highest BCUT2D eigenvalue weighted by Crippen LogP contribution is 2.56. The smallest absolute Gasteiger partial charge is 0.158 e. The number of likely N-dealkylation sites (N-methyl/N-ethyl adjacent to an activating group) is 1. The van der Waals surface area contributed by atoms with Crippen molar-refractivity contribution in [3.63, 3.8) is 0 Å². The molecule has 182 valence electrons. The Morgan fingerprint density at radius 3 is 2.29 bits per heavy atom. The highest BCUT2D eigenvalue weighted by Gasteiger charge is 2.62. The zero-order chi connectivity index (χ0) is 23.8. The van der Waals surface area contributed by atoms with Gasteiger partial charge in [0.25, 0.3) is 0 Å². The first-order valence-electron chi connectivity index (χ1n) is 12.9. The summed E-state index contributed by atoms with van der Waals surface area (Å²) in [4.78, 5) is 7.52. The Bertz CT molecular complexity index is 1160. The summed E-state index contributed by atoms with van der Waals surface area (Å²) in [6, 6.07) is 28.4. The first-order valence-corrected chi connectivity index (χ1v) is 12.9. The van der Waals surface area contributed by atoms with Crippen LogP contribution in [0.3, 0.4) is 0 Å². The lowest BCUT2D eigenvalue weighted by molar-refractivity contribution is 0.218. The van der Waals surface area contributed by atoms with Gasteiger partial charge >= 0.3 is 0 Å². The Labute approximate surface area is 208 Å². The third kappa shape index (κ3) is 3.78. The molecule has 3 aliphatic heterocycles. The van der Waals surface area contributed by atoms with Gasteiger partial charge in [0.1, 0.15) is 11.9 Å². The van der Waals surface area contributed by atoms with Gasteiger partial charge in [0.15, 0.2) is 6.23 Å². The molecule has 35 heavy (non-hydrogen) atoms. The molecular weight excluding hydrogens is 434 g/mol. The standard InChI is InChI=1S/C30H35N3O2/c1-3-33-25-14-8-7-13-24(25)30(28-29(33)35-28,23-11-5-4-6-12-23)17-18-31-19-21-32(22-20-31)26-15-9-10-16-27(26)34-2/h4-16,28-29H,3,17-22H2,1-2H3. The minimum absolute atomic E-state index is 0.117. The highest BCUT2D eigenvalue weighted by molar-refractivity contribution is 5.66. The molecule has 5 heteroatoms. The molecule has 3 heterocycles. The van der Waals surface area contributed by atoms with Crippen LogP contribution in [0.15, 0.2) is 78.9 Å². The molecule has 0 radical (unpaired) electrons. The van der Waals surface area contributed by atoms with Crippen LogP contribution in [0.4, 0.5) is 11.4 Å². The maximum atomic E-state index is 6.46. The van der Waals surface area contributed by atoms with E-state index >= 15 is 0 Å². The van der Waals surface area contributed by atoms with E-state index in [1.807, 2.05) is 6.07 Å². The van der Waals surface area contributed by atoms with Crippen LogP contribution in [0.1, 0.15) is 24.5 Å². The summed E-state index contributed by atoms with van der Waals surface area (Å²) < 4.78 is 12.1. The topological polar surface area (TPSA) is 31.5 Å². The number of rotatable bonds is 7. The fourth-order valence-electron chi connectivity index (χ4n) is 6.36. The normalized spacial score (nSPS) is 25.7. The van der Waals surface area contributed by atoms with Crippen LogP contribution in [-0.2, 0) is 10.2 Å². The van der Waals surface area contributed by atoms with Crippen LogP contribution in [-0.4, -0.2) is 63.6 Å². The van der Waals surface area contributed by atoms with Crippen molar-refractivity contribution in [1.82, 2.24) is 4.90 Å². The largest absolute Gasteiger partial charge is 0.495 e. The molecule has 0 saturated carbocycles. The van der Waals surface area contributed by atoms with E-state index in [0.717, 1.165) is 51.4 Å². The number of para-hydroxylation sites is 3. The highest BCUT2D eigenvalue weighted by atomic mass is 16.6. The predicted octanol–water partition coefficient (Wildman–Crippen LogP) is 4.76. The number of epoxide rings is 1. The van der Waals surface area contributed by atoms with E-state index in [1.165, 1.54) is 22.5 Å². The molecule has 0 aliphatic carbocycles. The molecule has 0 spiro atoms. The van der Waals surface area contributed by atoms with Crippen LogP contribution in [0.25, 0.3) is 0 Å². The van der Waals surface area contributed by atoms with E-state index in [1.54, 1.807) is 7.11 Å². The summed E-state index contributed by atoms with van der Waals surface area (Å²) in [6.07, 6.45) is 1.44. The summed E-state index contributed by atoms with van der Waals surface area (Å²) in [5, 5.41) is 0. The lowest BCUT2D eigenvalue weighted by Gasteiger charge is -2.43. The summed E-state index contributed by atoms with van der Waals surface area (Å²) in [7, 11) is 1.76. The van der Waals surface area contributed by atoms with Crippen LogP contribution in [0.5, 0.6) is 5.75 Å². The van der Waals surface area contributed by atoms with Crippen molar-refractivity contribution in [3.05, 3.63) is 90.0 Å². The Morgan fingerprint density at radius 2 is 1.54 bits per heavy atom. The third-order valence-corrected chi connectivity index (χ3v) is 8.21. The average molecular weight is 470 g/mol. The monoisotopic (exact) mass is 469 g/mol. The molecule has 0 bridgehead atoms. The molecule has 3 unspecified atom stereocenters. The van der Waals surface area contributed by atoms with Crippen LogP contribution < -0.4 is 14.5 Å². The van der Waals surface area contributed by atoms with Gasteiger partial charge in [-0.2, -0.15) is 0 Å². The molecule has 3 aromatic carbocycles. The SMILES string of the molecule is CCN1c2ccccc2C(CCN2CCN(c3ccccc3OC)CC2)(c2ccccc2)C2OC21. The maximum Gasteiger partial charge on any atom is 0.158 e. The first kappa shape index (κ1) is 22.4. The number of hydrogen-bond acceptors (Lipinski definition) is 5. The number of benzene rings is 3. The van der Waals surface area contributed by atoms with Gasteiger partial charge in [-0.3, -0.25) is 4.90 Å². The molecular formula is C30H35N3O2. The first-order chi connectivity index (χ1) is 17.3. The molecule has 0 amide bonds. The van der Waals surface area contributed by atoms with Crippen molar-refractivity contribution in [3.8, 4) is 5.75 Å². The van der Waals surface area contributed by atoms with Crippen molar-refractivity contribution in [1.29, 1.82) is 0 Å². The fourth-order valence-corrected chi connectivity index (χ4v) is 6.36. The second-order valence-corrected chi connectivity index (χ2v) is 9.84. The van der Waals surface area contributed by atoms with Gasteiger partial charge in [-0.1, -0.05) is 60.7 Å². The number of fused-ring (bicyclic) bond motifs is 2. The maximum absolute atomic E-state index is 6.46. The van der Waals surface area contributed by atoms with Gasteiger partial charge in [-0.05, 0) is 49.2 Å². The molecule has 3 aliphatic rings. The lowest BCUT2D eigenvalue weighted by Crippen LogP contribution is -2.50. The van der Waals surface area contributed by atoms with Crippen LogP contribution in [0, 0.1) is 0 Å². The quantitative estimate of drug-likeness (QED) is 0.466. The van der Waals surface area contributed by atoms with Crippen molar-refractivity contribution in [2.24, 2.45) is 0 Å². The Balaban J connectivity index is 1.25. The number of anilines is 2. The van der Waals surface area contributed by atoms with E-state index < -0.39 is 0 Å². The average Bonchev–Trinajstić information content (AvgIpc) is 3.73. The van der Waals surface area contributed by atoms with Gasteiger partial charge in [-0.25, -0.2) is 0 Å². The van der Waals surface area contributed by atoms with Crippen LogP contribution >= 0.6 is 0 Å². The van der Waals surface area contributed by atoms with E-state index in [4.69, 9.17) is 9.47 Å². The number of ether oxygens (including phenoxy) is 2. The Morgan fingerprint density at radius 1 is 0.857 bits per heavy atom. The predicted molar refractivity (Wildman–Crippen MR) is 142 cm³/mol. The molecule has 0 aromatic heterocycles. The molecule has 3 atom stereocenters. The minimum atomic E-state index is -0.117.